The van der Waals surface area contributed by atoms with E-state index in [2.05, 4.69) is 26.7 Å². The fourth-order valence-corrected chi connectivity index (χ4v) is 2.15. The molecule has 0 aliphatic heterocycles. The molecule has 0 heterocycles. The highest BCUT2D eigenvalue weighted by atomic mass is 79.9. The van der Waals surface area contributed by atoms with E-state index in [9.17, 15) is 4.79 Å². The number of rotatable bonds is 4. The van der Waals surface area contributed by atoms with Gasteiger partial charge in [0.2, 0.25) is 0 Å². The first-order valence-electron chi connectivity index (χ1n) is 5.33. The minimum Gasteiger partial charge on any atom is -0.469 e. The minimum absolute atomic E-state index is 0.143. The number of hydrogen-bond donors (Lipinski definition) is 0. The van der Waals surface area contributed by atoms with E-state index in [0.717, 1.165) is 23.1 Å². The van der Waals surface area contributed by atoms with E-state index in [0.29, 0.717) is 10.9 Å². The standard InChI is InChI=1S/C13H14BrNO2/c1-3-9-4-10(7-14)12(6-13(16)17-2)11(5-9)8-15/h4-5H,3,6-7H2,1-2H3. The maximum Gasteiger partial charge on any atom is 0.310 e. The van der Waals surface area contributed by atoms with Crippen molar-refractivity contribution in [2.75, 3.05) is 7.11 Å². The summed E-state index contributed by atoms with van der Waals surface area (Å²) in [5, 5.41) is 9.75. The van der Waals surface area contributed by atoms with E-state index >= 15 is 0 Å². The van der Waals surface area contributed by atoms with Gasteiger partial charge in [0.15, 0.2) is 0 Å². The first kappa shape index (κ1) is 13.7. The molecule has 17 heavy (non-hydrogen) atoms. The summed E-state index contributed by atoms with van der Waals surface area (Å²) in [6, 6.07) is 6.01. The smallest absolute Gasteiger partial charge is 0.310 e. The monoisotopic (exact) mass is 295 g/mol. The van der Waals surface area contributed by atoms with Crippen LogP contribution in [0.2, 0.25) is 0 Å². The van der Waals surface area contributed by atoms with Gasteiger partial charge in [0.1, 0.15) is 0 Å². The van der Waals surface area contributed by atoms with Gasteiger partial charge in [-0.1, -0.05) is 28.9 Å². The fraction of sp³-hybridized carbons (Fsp3) is 0.385. The van der Waals surface area contributed by atoms with Gasteiger partial charge in [-0.25, -0.2) is 0 Å². The number of benzene rings is 1. The molecule has 3 nitrogen and oxygen atoms in total. The van der Waals surface area contributed by atoms with Gasteiger partial charge in [-0.15, -0.1) is 0 Å². The van der Waals surface area contributed by atoms with Crippen LogP contribution in [0.4, 0.5) is 0 Å². The SMILES string of the molecule is CCc1cc(C#N)c(CC(=O)OC)c(CBr)c1. The number of ether oxygens (including phenoxy) is 1. The van der Waals surface area contributed by atoms with Crippen molar-refractivity contribution in [3.05, 3.63) is 34.4 Å². The Morgan fingerprint density at radius 2 is 2.24 bits per heavy atom. The largest absolute Gasteiger partial charge is 0.469 e. The molecule has 1 aromatic rings. The van der Waals surface area contributed by atoms with Crippen LogP contribution in [0.5, 0.6) is 0 Å². The van der Waals surface area contributed by atoms with E-state index in [1.54, 1.807) is 0 Å². The molecule has 0 amide bonds. The highest BCUT2D eigenvalue weighted by molar-refractivity contribution is 9.08. The predicted octanol–water partition coefficient (Wildman–Crippen LogP) is 2.73. The van der Waals surface area contributed by atoms with Crippen molar-refractivity contribution in [1.29, 1.82) is 5.26 Å². The Hall–Kier alpha value is -1.34. The van der Waals surface area contributed by atoms with Crippen molar-refractivity contribution in [3.63, 3.8) is 0 Å². The number of carbonyl (C=O) groups is 1. The number of aryl methyl sites for hydroxylation is 1. The summed E-state index contributed by atoms with van der Waals surface area (Å²) in [7, 11) is 1.35. The molecular formula is C13H14BrNO2. The highest BCUT2D eigenvalue weighted by Crippen LogP contribution is 2.21. The van der Waals surface area contributed by atoms with Crippen LogP contribution in [0.3, 0.4) is 0 Å². The Morgan fingerprint density at radius 1 is 1.53 bits per heavy atom. The summed E-state index contributed by atoms with van der Waals surface area (Å²) >= 11 is 3.39. The third-order valence-electron chi connectivity index (χ3n) is 2.62. The van der Waals surface area contributed by atoms with Crippen molar-refractivity contribution < 1.29 is 9.53 Å². The lowest BCUT2D eigenvalue weighted by atomic mass is 9.96. The first-order valence-corrected chi connectivity index (χ1v) is 6.45. The second kappa shape index (κ2) is 6.41. The van der Waals surface area contributed by atoms with E-state index in [1.165, 1.54) is 7.11 Å². The normalized spacial score (nSPS) is 9.76. The molecule has 0 spiro atoms. The summed E-state index contributed by atoms with van der Waals surface area (Å²) in [6.45, 7) is 2.04. The van der Waals surface area contributed by atoms with Gasteiger partial charge in [-0.2, -0.15) is 5.26 Å². The topological polar surface area (TPSA) is 50.1 Å². The third kappa shape index (κ3) is 3.31. The lowest BCUT2D eigenvalue weighted by Gasteiger charge is -2.10. The zero-order valence-electron chi connectivity index (χ0n) is 9.92. The van der Waals surface area contributed by atoms with Crippen molar-refractivity contribution in [1.82, 2.24) is 0 Å². The average Bonchev–Trinajstić information content (AvgIpc) is 2.38. The van der Waals surface area contributed by atoms with E-state index < -0.39 is 0 Å². The van der Waals surface area contributed by atoms with Crippen LogP contribution in [0.15, 0.2) is 12.1 Å². The molecule has 0 fully saturated rings. The molecule has 0 saturated heterocycles. The molecule has 0 atom stereocenters. The summed E-state index contributed by atoms with van der Waals surface area (Å²) < 4.78 is 4.65. The van der Waals surface area contributed by atoms with Gasteiger partial charge in [-0.3, -0.25) is 4.79 Å². The van der Waals surface area contributed by atoms with Gasteiger partial charge in [-0.05, 0) is 29.2 Å². The summed E-state index contributed by atoms with van der Waals surface area (Å²) in [6.07, 6.45) is 1.01. The van der Waals surface area contributed by atoms with Gasteiger partial charge in [0, 0.05) is 5.33 Å². The van der Waals surface area contributed by atoms with Crippen molar-refractivity contribution in [3.8, 4) is 6.07 Å². The van der Waals surface area contributed by atoms with Crippen LogP contribution >= 0.6 is 15.9 Å². The average molecular weight is 296 g/mol. The predicted molar refractivity (Wildman–Crippen MR) is 68.9 cm³/mol. The van der Waals surface area contributed by atoms with Gasteiger partial charge < -0.3 is 4.74 Å². The summed E-state index contributed by atoms with van der Waals surface area (Å²) in [5.74, 6) is -0.326. The molecule has 0 aliphatic rings. The van der Waals surface area contributed by atoms with Crippen molar-refractivity contribution in [2.24, 2.45) is 0 Å². The van der Waals surface area contributed by atoms with Gasteiger partial charge in [0.25, 0.3) is 0 Å². The summed E-state index contributed by atoms with van der Waals surface area (Å²) in [4.78, 5) is 11.3. The number of methoxy groups -OCH3 is 1. The molecule has 1 aromatic carbocycles. The first-order chi connectivity index (χ1) is 8.15. The molecule has 0 unspecified atom stereocenters. The van der Waals surface area contributed by atoms with Crippen LogP contribution in [0.25, 0.3) is 0 Å². The Bertz CT molecular complexity index is 463. The molecule has 0 radical (unpaired) electrons. The molecule has 4 heteroatoms. The maximum atomic E-state index is 11.3. The van der Waals surface area contributed by atoms with Crippen LogP contribution in [-0.2, 0) is 27.7 Å². The van der Waals surface area contributed by atoms with Crippen LogP contribution < -0.4 is 0 Å². The maximum absolute atomic E-state index is 11.3. The third-order valence-corrected chi connectivity index (χ3v) is 3.23. The molecule has 0 N–H and O–H groups in total. The Labute approximate surface area is 110 Å². The molecule has 90 valence electrons. The number of esters is 1. The van der Waals surface area contributed by atoms with Crippen LogP contribution in [0.1, 0.15) is 29.2 Å². The number of hydrogen-bond acceptors (Lipinski definition) is 3. The van der Waals surface area contributed by atoms with Crippen molar-refractivity contribution in [2.45, 2.75) is 25.1 Å². The highest BCUT2D eigenvalue weighted by Gasteiger charge is 2.13. The van der Waals surface area contributed by atoms with Crippen molar-refractivity contribution >= 4 is 21.9 Å². The fourth-order valence-electron chi connectivity index (χ4n) is 1.65. The Balaban J connectivity index is 3.25. The lowest BCUT2D eigenvalue weighted by molar-refractivity contribution is -0.139. The minimum atomic E-state index is -0.326. The molecule has 0 bridgehead atoms. The zero-order chi connectivity index (χ0) is 12.8. The number of halogens is 1. The lowest BCUT2D eigenvalue weighted by Crippen LogP contribution is -2.09. The zero-order valence-corrected chi connectivity index (χ0v) is 11.5. The number of carbonyl (C=O) groups excluding carboxylic acids is 1. The summed E-state index contributed by atoms with van der Waals surface area (Å²) in [5.41, 5.74) is 3.40. The van der Waals surface area contributed by atoms with Crippen LogP contribution in [-0.4, -0.2) is 13.1 Å². The molecular weight excluding hydrogens is 282 g/mol. The molecule has 0 aliphatic carbocycles. The molecule has 0 saturated carbocycles. The Kier molecular flexibility index (Phi) is 5.17. The van der Waals surface area contributed by atoms with E-state index in [4.69, 9.17) is 5.26 Å². The second-order valence-electron chi connectivity index (χ2n) is 3.63. The molecule has 1 rings (SSSR count). The quantitative estimate of drug-likeness (QED) is 0.634. The number of alkyl halides is 1. The van der Waals surface area contributed by atoms with Gasteiger partial charge >= 0.3 is 5.97 Å². The number of nitriles is 1. The number of nitrogens with zero attached hydrogens (tertiary/aromatic N) is 1. The van der Waals surface area contributed by atoms with E-state index in [1.807, 2.05) is 19.1 Å². The Morgan fingerprint density at radius 3 is 2.71 bits per heavy atom. The molecule has 0 aromatic heterocycles. The van der Waals surface area contributed by atoms with E-state index in [-0.39, 0.29) is 12.4 Å². The second-order valence-corrected chi connectivity index (χ2v) is 4.19. The van der Waals surface area contributed by atoms with Crippen LogP contribution in [0, 0.1) is 11.3 Å². The van der Waals surface area contributed by atoms with Gasteiger partial charge in [0.05, 0.1) is 25.2 Å².